The summed E-state index contributed by atoms with van der Waals surface area (Å²) in [6, 6.07) is 34.6. The summed E-state index contributed by atoms with van der Waals surface area (Å²) < 4.78 is 10.8. The molecule has 0 saturated heterocycles. The summed E-state index contributed by atoms with van der Waals surface area (Å²) >= 11 is 1.77. The summed E-state index contributed by atoms with van der Waals surface area (Å²) in [7, 11) is 1.41. The molecule has 0 aliphatic heterocycles. The van der Waals surface area contributed by atoms with E-state index in [-0.39, 0.29) is 5.97 Å². The fraction of sp³-hybridized carbons (Fsp3) is 0.138. The number of carbonyl (C=O) groups excluding carboxylic acids is 1. The summed E-state index contributed by atoms with van der Waals surface area (Å²) in [5, 5.41) is 0. The molecular formula is C29H26O3S. The summed E-state index contributed by atoms with van der Waals surface area (Å²) in [4.78, 5) is 14.4. The number of carbonyl (C=O) groups is 1. The van der Waals surface area contributed by atoms with Crippen molar-refractivity contribution in [1.29, 1.82) is 0 Å². The number of esters is 1. The minimum Gasteiger partial charge on any atom is -0.493 e. The van der Waals surface area contributed by atoms with Gasteiger partial charge in [-0.15, -0.1) is 0 Å². The molecule has 4 rings (SSSR count). The molecule has 0 heterocycles. The van der Waals surface area contributed by atoms with E-state index in [4.69, 9.17) is 9.47 Å². The average molecular weight is 455 g/mol. The monoisotopic (exact) mass is 454 g/mol. The number of hydrogen-bond donors (Lipinski definition) is 0. The van der Waals surface area contributed by atoms with Gasteiger partial charge in [0.1, 0.15) is 5.75 Å². The summed E-state index contributed by atoms with van der Waals surface area (Å²) in [6.45, 7) is 0.621. The van der Waals surface area contributed by atoms with Gasteiger partial charge in [0.25, 0.3) is 0 Å². The molecule has 3 nitrogen and oxygen atoms in total. The van der Waals surface area contributed by atoms with Crippen LogP contribution in [0.3, 0.4) is 0 Å². The lowest BCUT2D eigenvalue weighted by molar-refractivity contribution is 0.0599. The molecule has 0 fully saturated rings. The van der Waals surface area contributed by atoms with Crippen LogP contribution >= 0.6 is 11.8 Å². The maximum atomic E-state index is 12.0. The zero-order valence-corrected chi connectivity index (χ0v) is 19.4. The van der Waals surface area contributed by atoms with Gasteiger partial charge in [-0.05, 0) is 65.6 Å². The lowest BCUT2D eigenvalue weighted by Gasteiger charge is -2.10. The number of ether oxygens (including phenoxy) is 2. The number of methoxy groups -OCH3 is 1. The molecular weight excluding hydrogens is 428 g/mol. The highest BCUT2D eigenvalue weighted by Crippen LogP contribution is 2.27. The van der Waals surface area contributed by atoms with Gasteiger partial charge in [0.15, 0.2) is 0 Å². The van der Waals surface area contributed by atoms with Crippen molar-refractivity contribution in [3.05, 3.63) is 125 Å². The second kappa shape index (κ2) is 11.4. The second-order valence-electron chi connectivity index (χ2n) is 7.63. The highest BCUT2D eigenvalue weighted by molar-refractivity contribution is 7.99. The Labute approximate surface area is 199 Å². The largest absolute Gasteiger partial charge is 0.493 e. The third-order valence-corrected chi connectivity index (χ3v) is 6.32. The predicted molar refractivity (Wildman–Crippen MR) is 133 cm³/mol. The summed E-state index contributed by atoms with van der Waals surface area (Å²) in [5.74, 6) is 0.536. The Bertz CT molecular complexity index is 1170. The molecule has 0 spiro atoms. The van der Waals surface area contributed by atoms with Gasteiger partial charge >= 0.3 is 5.97 Å². The first-order valence-electron chi connectivity index (χ1n) is 10.9. The van der Waals surface area contributed by atoms with Crippen LogP contribution in [0, 0.1) is 0 Å². The molecule has 0 aliphatic rings. The van der Waals surface area contributed by atoms with Crippen LogP contribution in [-0.2, 0) is 17.6 Å². The van der Waals surface area contributed by atoms with Crippen LogP contribution in [-0.4, -0.2) is 19.7 Å². The fourth-order valence-corrected chi connectivity index (χ4v) is 4.38. The van der Waals surface area contributed by atoms with E-state index in [0.29, 0.717) is 18.6 Å². The van der Waals surface area contributed by atoms with Crippen LogP contribution < -0.4 is 4.74 Å². The number of hydrogen-bond acceptors (Lipinski definition) is 4. The fourth-order valence-electron chi connectivity index (χ4n) is 3.54. The molecule has 0 bridgehead atoms. The number of benzene rings is 4. The maximum absolute atomic E-state index is 12.0. The van der Waals surface area contributed by atoms with E-state index in [1.807, 2.05) is 48.5 Å². The van der Waals surface area contributed by atoms with Gasteiger partial charge in [-0.2, -0.15) is 0 Å². The molecule has 0 amide bonds. The molecule has 4 heteroatoms. The molecule has 0 aromatic heterocycles. The Morgan fingerprint density at radius 1 is 0.727 bits per heavy atom. The lowest BCUT2D eigenvalue weighted by Crippen LogP contribution is -2.06. The highest BCUT2D eigenvalue weighted by atomic mass is 32.2. The van der Waals surface area contributed by atoms with E-state index in [9.17, 15) is 4.79 Å². The van der Waals surface area contributed by atoms with Crippen molar-refractivity contribution < 1.29 is 14.3 Å². The van der Waals surface area contributed by atoms with E-state index in [2.05, 4.69) is 48.5 Å². The van der Waals surface area contributed by atoms with E-state index in [1.54, 1.807) is 17.8 Å². The minimum absolute atomic E-state index is 0.308. The molecule has 166 valence electrons. The normalized spacial score (nSPS) is 10.6. The Hall–Kier alpha value is -3.50. The molecule has 33 heavy (non-hydrogen) atoms. The van der Waals surface area contributed by atoms with Gasteiger partial charge in [0.2, 0.25) is 0 Å². The lowest BCUT2D eigenvalue weighted by atomic mass is 10.00. The summed E-state index contributed by atoms with van der Waals surface area (Å²) in [5.41, 5.74) is 3.93. The SMILES string of the molecule is COC(=O)c1ccccc1Cc1ccc(OCCc2ccc(Sc3ccccc3)cc2)cc1. The van der Waals surface area contributed by atoms with Gasteiger partial charge in [-0.3, -0.25) is 0 Å². The second-order valence-corrected chi connectivity index (χ2v) is 8.77. The van der Waals surface area contributed by atoms with E-state index in [1.165, 1.54) is 22.5 Å². The van der Waals surface area contributed by atoms with Gasteiger partial charge in [-0.25, -0.2) is 4.79 Å². The van der Waals surface area contributed by atoms with Gasteiger partial charge in [0, 0.05) is 16.2 Å². The maximum Gasteiger partial charge on any atom is 0.338 e. The van der Waals surface area contributed by atoms with Crippen molar-refractivity contribution in [2.75, 3.05) is 13.7 Å². The summed E-state index contributed by atoms with van der Waals surface area (Å²) in [6.07, 6.45) is 1.52. The molecule has 0 atom stereocenters. The van der Waals surface area contributed by atoms with Crippen molar-refractivity contribution >= 4 is 17.7 Å². The third kappa shape index (κ3) is 6.50. The first-order valence-corrected chi connectivity index (χ1v) is 11.7. The zero-order valence-electron chi connectivity index (χ0n) is 18.6. The molecule has 0 aliphatic carbocycles. The van der Waals surface area contributed by atoms with E-state index >= 15 is 0 Å². The van der Waals surface area contributed by atoms with Crippen LogP contribution in [0.5, 0.6) is 5.75 Å². The van der Waals surface area contributed by atoms with Crippen LogP contribution in [0.15, 0.2) is 113 Å². The van der Waals surface area contributed by atoms with Crippen LogP contribution in [0.2, 0.25) is 0 Å². The molecule has 4 aromatic rings. The Kier molecular flexibility index (Phi) is 7.83. The molecule has 0 unspecified atom stereocenters. The van der Waals surface area contributed by atoms with Crippen LogP contribution in [0.25, 0.3) is 0 Å². The Balaban J connectivity index is 1.27. The van der Waals surface area contributed by atoms with E-state index in [0.717, 1.165) is 23.3 Å². The molecule has 0 radical (unpaired) electrons. The van der Waals surface area contributed by atoms with Gasteiger partial charge < -0.3 is 9.47 Å². The molecule has 0 N–H and O–H groups in total. The average Bonchev–Trinajstić information content (AvgIpc) is 2.87. The van der Waals surface area contributed by atoms with Crippen molar-refractivity contribution in [3.63, 3.8) is 0 Å². The van der Waals surface area contributed by atoms with Crippen LogP contribution in [0.1, 0.15) is 27.0 Å². The smallest absolute Gasteiger partial charge is 0.338 e. The predicted octanol–water partition coefficient (Wildman–Crippen LogP) is 6.84. The van der Waals surface area contributed by atoms with Crippen molar-refractivity contribution in [1.82, 2.24) is 0 Å². The Morgan fingerprint density at radius 2 is 1.36 bits per heavy atom. The first-order chi connectivity index (χ1) is 16.2. The van der Waals surface area contributed by atoms with Crippen molar-refractivity contribution in [3.8, 4) is 5.75 Å². The van der Waals surface area contributed by atoms with Gasteiger partial charge in [0.05, 0.1) is 19.3 Å². The van der Waals surface area contributed by atoms with Crippen molar-refractivity contribution in [2.45, 2.75) is 22.6 Å². The number of rotatable bonds is 9. The highest BCUT2D eigenvalue weighted by Gasteiger charge is 2.11. The van der Waals surface area contributed by atoms with Crippen LogP contribution in [0.4, 0.5) is 0 Å². The van der Waals surface area contributed by atoms with E-state index < -0.39 is 0 Å². The molecule has 4 aromatic carbocycles. The third-order valence-electron chi connectivity index (χ3n) is 5.30. The van der Waals surface area contributed by atoms with Crippen molar-refractivity contribution in [2.24, 2.45) is 0 Å². The van der Waals surface area contributed by atoms with Gasteiger partial charge in [-0.1, -0.05) is 72.4 Å². The topological polar surface area (TPSA) is 35.5 Å². The Morgan fingerprint density at radius 3 is 2.09 bits per heavy atom. The zero-order chi connectivity index (χ0) is 22.9. The molecule has 0 saturated carbocycles. The first kappa shape index (κ1) is 22.7. The minimum atomic E-state index is -0.308. The standard InChI is InChI=1S/C29H26O3S/c1-31-29(30)28-10-6-5-7-24(28)21-23-11-15-25(16-12-23)32-20-19-22-13-17-27(18-14-22)33-26-8-3-2-4-9-26/h2-18H,19-21H2,1H3. The quantitative estimate of drug-likeness (QED) is 0.260.